The molecule has 1 heterocycles. The van der Waals surface area contributed by atoms with Gasteiger partial charge in [0.25, 0.3) is 0 Å². The molecule has 0 unspecified atom stereocenters. The van der Waals surface area contributed by atoms with Crippen LogP contribution >= 0.6 is 0 Å². The van der Waals surface area contributed by atoms with Gasteiger partial charge < -0.3 is 16.2 Å². The lowest BCUT2D eigenvalue weighted by Gasteiger charge is -2.11. The molecular weight excluding hydrogens is 256 g/mol. The Morgan fingerprint density at radius 3 is 2.85 bits per heavy atom. The summed E-state index contributed by atoms with van der Waals surface area (Å²) in [6, 6.07) is 8.47. The van der Waals surface area contributed by atoms with Crippen LogP contribution in [0.2, 0.25) is 0 Å². The van der Waals surface area contributed by atoms with Gasteiger partial charge in [0.05, 0.1) is 23.5 Å². The molecular formula is C14H12N4O2. The molecule has 20 heavy (non-hydrogen) atoms. The molecule has 0 atom stereocenters. The van der Waals surface area contributed by atoms with Crippen molar-refractivity contribution in [3.05, 3.63) is 47.2 Å². The number of carboxylic acids is 1. The highest BCUT2D eigenvalue weighted by molar-refractivity contribution is 5.95. The number of hydrogen-bond donors (Lipinski definition) is 3. The standard InChI is InChI=1S/C14H12N4O2/c1-8-2-3-9(6-15)4-12(8)18-13-11(14(19)20)5-10(16)7-17-13/h2-5,7H,16H2,1H3,(H,17,18)(H,19,20). The molecule has 2 rings (SSSR count). The van der Waals surface area contributed by atoms with E-state index in [9.17, 15) is 4.79 Å². The van der Waals surface area contributed by atoms with Gasteiger partial charge in [0.15, 0.2) is 0 Å². The lowest BCUT2D eigenvalue weighted by molar-refractivity contribution is 0.0697. The Labute approximate surface area is 115 Å². The number of carbonyl (C=O) groups is 1. The van der Waals surface area contributed by atoms with Crippen LogP contribution in [0.3, 0.4) is 0 Å². The van der Waals surface area contributed by atoms with E-state index in [4.69, 9.17) is 16.1 Å². The monoisotopic (exact) mass is 268 g/mol. The van der Waals surface area contributed by atoms with Gasteiger partial charge >= 0.3 is 5.97 Å². The van der Waals surface area contributed by atoms with Crippen molar-refractivity contribution in [1.82, 2.24) is 4.98 Å². The maximum atomic E-state index is 11.2. The van der Waals surface area contributed by atoms with E-state index < -0.39 is 5.97 Å². The van der Waals surface area contributed by atoms with Gasteiger partial charge in [-0.25, -0.2) is 9.78 Å². The second-order valence-corrected chi connectivity index (χ2v) is 4.24. The highest BCUT2D eigenvalue weighted by Gasteiger charge is 2.13. The summed E-state index contributed by atoms with van der Waals surface area (Å²) in [5.41, 5.74) is 7.77. The van der Waals surface area contributed by atoms with Crippen LogP contribution in [0.1, 0.15) is 21.5 Å². The number of aromatic carboxylic acids is 1. The number of carboxylic acid groups (broad SMARTS) is 1. The van der Waals surface area contributed by atoms with Gasteiger partial charge in [-0.1, -0.05) is 6.07 Å². The molecule has 0 aliphatic heterocycles. The number of nitrogens with one attached hydrogen (secondary N) is 1. The Bertz CT molecular complexity index is 720. The predicted octanol–water partition coefficient (Wildman–Crippen LogP) is 2.29. The molecule has 0 saturated heterocycles. The van der Waals surface area contributed by atoms with Crippen LogP contribution in [0.25, 0.3) is 0 Å². The summed E-state index contributed by atoms with van der Waals surface area (Å²) < 4.78 is 0. The van der Waals surface area contributed by atoms with Crippen molar-refractivity contribution < 1.29 is 9.90 Å². The SMILES string of the molecule is Cc1ccc(C#N)cc1Nc1ncc(N)cc1C(=O)O. The molecule has 6 nitrogen and oxygen atoms in total. The van der Waals surface area contributed by atoms with E-state index >= 15 is 0 Å². The van der Waals surface area contributed by atoms with Crippen LogP contribution in [-0.2, 0) is 0 Å². The summed E-state index contributed by atoms with van der Waals surface area (Å²) >= 11 is 0. The molecule has 1 aromatic carbocycles. The summed E-state index contributed by atoms with van der Waals surface area (Å²) in [4.78, 5) is 15.2. The number of aryl methyl sites for hydroxylation is 1. The molecule has 0 fully saturated rings. The van der Waals surface area contributed by atoms with E-state index in [0.29, 0.717) is 11.3 Å². The number of nitrogen functional groups attached to an aromatic ring is 1. The van der Waals surface area contributed by atoms with Crippen molar-refractivity contribution in [2.24, 2.45) is 0 Å². The zero-order valence-electron chi connectivity index (χ0n) is 10.7. The van der Waals surface area contributed by atoms with Gasteiger partial charge in [0.2, 0.25) is 0 Å². The van der Waals surface area contributed by atoms with Crippen molar-refractivity contribution >= 4 is 23.2 Å². The maximum Gasteiger partial charge on any atom is 0.339 e. The van der Waals surface area contributed by atoms with E-state index in [1.807, 2.05) is 13.0 Å². The lowest BCUT2D eigenvalue weighted by atomic mass is 10.1. The van der Waals surface area contributed by atoms with E-state index in [-0.39, 0.29) is 17.1 Å². The number of nitrogens with zero attached hydrogens (tertiary/aromatic N) is 2. The van der Waals surface area contributed by atoms with Gasteiger partial charge in [-0.3, -0.25) is 0 Å². The number of aromatic nitrogens is 1. The van der Waals surface area contributed by atoms with Crippen LogP contribution in [-0.4, -0.2) is 16.1 Å². The Morgan fingerprint density at radius 2 is 2.20 bits per heavy atom. The fraction of sp³-hybridized carbons (Fsp3) is 0.0714. The quantitative estimate of drug-likeness (QED) is 0.787. The minimum Gasteiger partial charge on any atom is -0.478 e. The molecule has 0 aliphatic carbocycles. The predicted molar refractivity (Wildman–Crippen MR) is 74.8 cm³/mol. The number of nitriles is 1. The van der Waals surface area contributed by atoms with Crippen molar-refractivity contribution in [3.8, 4) is 6.07 Å². The second kappa shape index (κ2) is 5.28. The Hall–Kier alpha value is -3.07. The van der Waals surface area contributed by atoms with Gasteiger partial charge in [-0.15, -0.1) is 0 Å². The van der Waals surface area contributed by atoms with Crippen LogP contribution in [0, 0.1) is 18.3 Å². The van der Waals surface area contributed by atoms with Crippen molar-refractivity contribution in [1.29, 1.82) is 5.26 Å². The molecule has 0 amide bonds. The first-order chi connectivity index (χ1) is 9.51. The average Bonchev–Trinajstić information content (AvgIpc) is 2.42. The third kappa shape index (κ3) is 2.67. The number of benzene rings is 1. The third-order valence-electron chi connectivity index (χ3n) is 2.76. The second-order valence-electron chi connectivity index (χ2n) is 4.24. The number of rotatable bonds is 3. The fourth-order valence-corrected chi connectivity index (χ4v) is 1.70. The van der Waals surface area contributed by atoms with Crippen molar-refractivity contribution in [3.63, 3.8) is 0 Å². The minimum atomic E-state index is -1.12. The number of nitrogens with two attached hydrogens (primary N) is 1. The molecule has 0 spiro atoms. The number of pyridine rings is 1. The first-order valence-corrected chi connectivity index (χ1v) is 5.78. The largest absolute Gasteiger partial charge is 0.478 e. The molecule has 100 valence electrons. The summed E-state index contributed by atoms with van der Waals surface area (Å²) in [5, 5.41) is 21.0. The van der Waals surface area contributed by atoms with Crippen molar-refractivity contribution in [2.75, 3.05) is 11.1 Å². The molecule has 0 bridgehead atoms. The molecule has 0 aliphatic rings. The van der Waals surface area contributed by atoms with Crippen LogP contribution < -0.4 is 11.1 Å². The first kappa shape index (κ1) is 13.4. The third-order valence-corrected chi connectivity index (χ3v) is 2.76. The highest BCUT2D eigenvalue weighted by atomic mass is 16.4. The van der Waals surface area contributed by atoms with E-state index in [2.05, 4.69) is 10.3 Å². The van der Waals surface area contributed by atoms with E-state index in [1.165, 1.54) is 12.3 Å². The van der Waals surface area contributed by atoms with Gasteiger partial charge in [0, 0.05) is 5.69 Å². The Kier molecular flexibility index (Phi) is 3.53. The summed E-state index contributed by atoms with van der Waals surface area (Å²) in [6.45, 7) is 1.85. The number of hydrogen-bond acceptors (Lipinski definition) is 5. The first-order valence-electron chi connectivity index (χ1n) is 5.78. The molecule has 0 radical (unpaired) electrons. The maximum absolute atomic E-state index is 11.2. The topological polar surface area (TPSA) is 112 Å². The average molecular weight is 268 g/mol. The van der Waals surface area contributed by atoms with Gasteiger partial charge in [-0.05, 0) is 30.7 Å². The summed E-state index contributed by atoms with van der Waals surface area (Å²) in [5.74, 6) is -0.939. The zero-order chi connectivity index (χ0) is 14.7. The molecule has 6 heteroatoms. The van der Waals surface area contributed by atoms with Crippen LogP contribution in [0.5, 0.6) is 0 Å². The molecule has 4 N–H and O–H groups in total. The smallest absolute Gasteiger partial charge is 0.339 e. The Balaban J connectivity index is 2.45. The summed E-state index contributed by atoms with van der Waals surface area (Å²) in [6.07, 6.45) is 1.37. The normalized spacial score (nSPS) is 9.80. The van der Waals surface area contributed by atoms with Crippen molar-refractivity contribution in [2.45, 2.75) is 6.92 Å². The zero-order valence-corrected chi connectivity index (χ0v) is 10.7. The molecule has 0 saturated carbocycles. The van der Waals surface area contributed by atoms with Crippen LogP contribution in [0.15, 0.2) is 30.5 Å². The fourth-order valence-electron chi connectivity index (χ4n) is 1.70. The lowest BCUT2D eigenvalue weighted by Crippen LogP contribution is -2.06. The highest BCUT2D eigenvalue weighted by Crippen LogP contribution is 2.24. The minimum absolute atomic E-state index is 0.0215. The van der Waals surface area contributed by atoms with Gasteiger partial charge in [0.1, 0.15) is 11.4 Å². The van der Waals surface area contributed by atoms with E-state index in [0.717, 1.165) is 5.56 Å². The Morgan fingerprint density at radius 1 is 1.45 bits per heavy atom. The van der Waals surface area contributed by atoms with Gasteiger partial charge in [-0.2, -0.15) is 5.26 Å². The summed E-state index contributed by atoms with van der Waals surface area (Å²) in [7, 11) is 0. The van der Waals surface area contributed by atoms with E-state index in [1.54, 1.807) is 18.2 Å². The van der Waals surface area contributed by atoms with Crippen LogP contribution in [0.4, 0.5) is 17.2 Å². The molecule has 1 aromatic heterocycles. The molecule has 2 aromatic rings. The number of anilines is 3.